The van der Waals surface area contributed by atoms with Crippen LogP contribution in [0.1, 0.15) is 21.8 Å². The number of rotatable bonds is 7. The molecule has 0 aliphatic heterocycles. The summed E-state index contributed by atoms with van der Waals surface area (Å²) < 4.78 is 2.15. The zero-order chi connectivity index (χ0) is 18.2. The Labute approximate surface area is 158 Å². The minimum Gasteiger partial charge on any atom is -0.356 e. The first-order chi connectivity index (χ1) is 12.7. The topological polar surface area (TPSA) is 54.2 Å². The summed E-state index contributed by atoms with van der Waals surface area (Å²) in [6, 6.07) is 12.9. The first kappa shape index (κ1) is 18.2. The molecular formula is C20H25N5S. The summed E-state index contributed by atoms with van der Waals surface area (Å²) in [5, 5.41) is 8.87. The van der Waals surface area contributed by atoms with Gasteiger partial charge < -0.3 is 15.2 Å². The highest BCUT2D eigenvalue weighted by Gasteiger charge is 2.02. The van der Waals surface area contributed by atoms with Gasteiger partial charge in [0, 0.05) is 44.0 Å². The van der Waals surface area contributed by atoms with Crippen LogP contribution in [0.25, 0.3) is 0 Å². The van der Waals surface area contributed by atoms with E-state index in [4.69, 9.17) is 0 Å². The van der Waals surface area contributed by atoms with Crippen molar-refractivity contribution in [2.45, 2.75) is 26.4 Å². The molecule has 0 atom stereocenters. The highest BCUT2D eigenvalue weighted by atomic mass is 32.1. The standard InChI is InChI=1S/C20H25N5S/c1-16-22-10-11-25(16)15-18-6-3-5-17(13-18)14-24-20(21-2)23-9-8-19-7-4-12-26-19/h3-7,10-13H,8-9,14-15H2,1-2H3,(H2,21,23,24). The average molecular weight is 368 g/mol. The molecule has 0 aliphatic rings. The van der Waals surface area contributed by atoms with Crippen molar-refractivity contribution in [2.75, 3.05) is 13.6 Å². The summed E-state index contributed by atoms with van der Waals surface area (Å²) in [5.41, 5.74) is 2.51. The van der Waals surface area contributed by atoms with Crippen LogP contribution in [0, 0.1) is 6.92 Å². The largest absolute Gasteiger partial charge is 0.356 e. The molecule has 0 radical (unpaired) electrons. The van der Waals surface area contributed by atoms with Gasteiger partial charge in [-0.15, -0.1) is 11.3 Å². The van der Waals surface area contributed by atoms with Gasteiger partial charge in [0.25, 0.3) is 0 Å². The van der Waals surface area contributed by atoms with Gasteiger partial charge in [-0.05, 0) is 35.9 Å². The number of nitrogens with zero attached hydrogens (tertiary/aromatic N) is 3. The molecule has 0 aliphatic carbocycles. The highest BCUT2D eigenvalue weighted by molar-refractivity contribution is 7.09. The number of aliphatic imine (C=N–C) groups is 1. The second-order valence-electron chi connectivity index (χ2n) is 6.10. The monoisotopic (exact) mass is 367 g/mol. The molecule has 0 saturated carbocycles. The van der Waals surface area contributed by atoms with Gasteiger partial charge in [0.05, 0.1) is 0 Å². The number of imidazole rings is 1. The number of benzene rings is 1. The van der Waals surface area contributed by atoms with E-state index in [1.54, 1.807) is 18.4 Å². The minimum atomic E-state index is 0.745. The van der Waals surface area contributed by atoms with E-state index in [0.717, 1.165) is 37.8 Å². The first-order valence-electron chi connectivity index (χ1n) is 8.77. The number of aryl methyl sites for hydroxylation is 1. The zero-order valence-corrected chi connectivity index (χ0v) is 16.1. The molecule has 136 valence electrons. The van der Waals surface area contributed by atoms with Gasteiger partial charge in [-0.2, -0.15) is 0 Å². The third-order valence-corrected chi connectivity index (χ3v) is 5.13. The number of thiophene rings is 1. The predicted octanol–water partition coefficient (Wildman–Crippen LogP) is 3.21. The quantitative estimate of drug-likeness (QED) is 0.498. The highest BCUT2D eigenvalue weighted by Crippen LogP contribution is 2.09. The smallest absolute Gasteiger partial charge is 0.191 e. The van der Waals surface area contributed by atoms with Gasteiger partial charge in [0.2, 0.25) is 0 Å². The molecule has 1 aromatic carbocycles. The van der Waals surface area contributed by atoms with E-state index in [-0.39, 0.29) is 0 Å². The fourth-order valence-corrected chi connectivity index (χ4v) is 3.48. The van der Waals surface area contributed by atoms with Gasteiger partial charge in [0.15, 0.2) is 5.96 Å². The summed E-state index contributed by atoms with van der Waals surface area (Å²) in [6.45, 7) is 4.49. The Kier molecular flexibility index (Phi) is 6.44. The van der Waals surface area contributed by atoms with Crippen molar-refractivity contribution in [1.29, 1.82) is 0 Å². The molecular weight excluding hydrogens is 342 g/mol. The van der Waals surface area contributed by atoms with Crippen LogP contribution in [-0.4, -0.2) is 29.1 Å². The van der Waals surface area contributed by atoms with E-state index >= 15 is 0 Å². The van der Waals surface area contributed by atoms with E-state index in [9.17, 15) is 0 Å². The fourth-order valence-electron chi connectivity index (χ4n) is 2.77. The van der Waals surface area contributed by atoms with Gasteiger partial charge in [-0.3, -0.25) is 4.99 Å². The maximum atomic E-state index is 4.30. The molecule has 0 amide bonds. The summed E-state index contributed by atoms with van der Waals surface area (Å²) in [5.74, 6) is 1.86. The number of aromatic nitrogens is 2. The van der Waals surface area contributed by atoms with Crippen LogP contribution in [0.4, 0.5) is 0 Å². The third kappa shape index (κ3) is 5.20. The molecule has 0 saturated heterocycles. The molecule has 6 heteroatoms. The number of hydrogen-bond acceptors (Lipinski definition) is 3. The van der Waals surface area contributed by atoms with Gasteiger partial charge in [-0.25, -0.2) is 4.98 Å². The van der Waals surface area contributed by atoms with Crippen LogP contribution in [-0.2, 0) is 19.5 Å². The van der Waals surface area contributed by atoms with Gasteiger partial charge >= 0.3 is 0 Å². The summed E-state index contributed by atoms with van der Waals surface area (Å²) in [7, 11) is 1.80. The Hall–Kier alpha value is -2.60. The Morgan fingerprint density at radius 1 is 1.19 bits per heavy atom. The molecule has 0 spiro atoms. The normalized spacial score (nSPS) is 11.5. The Balaban J connectivity index is 1.50. The molecule has 3 aromatic rings. The van der Waals surface area contributed by atoms with Crippen molar-refractivity contribution < 1.29 is 0 Å². The van der Waals surface area contributed by atoms with Crippen molar-refractivity contribution in [2.24, 2.45) is 4.99 Å². The van der Waals surface area contributed by atoms with Gasteiger partial charge in [0.1, 0.15) is 5.82 Å². The maximum absolute atomic E-state index is 4.30. The molecule has 2 heterocycles. The number of hydrogen-bond donors (Lipinski definition) is 2. The lowest BCUT2D eigenvalue weighted by molar-refractivity contribution is 0.757. The van der Waals surface area contributed by atoms with E-state index in [0.29, 0.717) is 0 Å². The zero-order valence-electron chi connectivity index (χ0n) is 15.3. The molecule has 0 bridgehead atoms. The van der Waals surface area contributed by atoms with Crippen LogP contribution in [0.15, 0.2) is 59.2 Å². The van der Waals surface area contributed by atoms with Crippen LogP contribution < -0.4 is 10.6 Å². The van der Waals surface area contributed by atoms with Crippen molar-refractivity contribution in [3.05, 3.63) is 76.0 Å². The molecule has 3 rings (SSSR count). The van der Waals surface area contributed by atoms with E-state index in [1.807, 2.05) is 19.3 Å². The van der Waals surface area contributed by atoms with E-state index < -0.39 is 0 Å². The molecule has 2 N–H and O–H groups in total. The first-order valence-corrected chi connectivity index (χ1v) is 9.65. The van der Waals surface area contributed by atoms with Crippen LogP contribution in [0.3, 0.4) is 0 Å². The Morgan fingerprint density at radius 3 is 2.81 bits per heavy atom. The summed E-state index contributed by atoms with van der Waals surface area (Å²) >= 11 is 1.79. The molecule has 0 fully saturated rings. The van der Waals surface area contributed by atoms with Crippen molar-refractivity contribution in [1.82, 2.24) is 20.2 Å². The van der Waals surface area contributed by atoms with Gasteiger partial charge in [-0.1, -0.05) is 30.3 Å². The fraction of sp³-hybridized carbons (Fsp3) is 0.300. The van der Waals surface area contributed by atoms with E-state index in [2.05, 4.69) is 67.0 Å². The molecule has 2 aromatic heterocycles. The average Bonchev–Trinajstić information content (AvgIpc) is 3.31. The van der Waals surface area contributed by atoms with Crippen LogP contribution in [0.2, 0.25) is 0 Å². The predicted molar refractivity (Wildman–Crippen MR) is 109 cm³/mol. The second-order valence-corrected chi connectivity index (χ2v) is 7.14. The third-order valence-electron chi connectivity index (χ3n) is 4.20. The Bertz CT molecular complexity index is 836. The van der Waals surface area contributed by atoms with E-state index in [1.165, 1.54) is 16.0 Å². The van der Waals surface area contributed by atoms with Crippen LogP contribution in [0.5, 0.6) is 0 Å². The van der Waals surface area contributed by atoms with Crippen molar-refractivity contribution in [3.63, 3.8) is 0 Å². The van der Waals surface area contributed by atoms with Crippen molar-refractivity contribution in [3.8, 4) is 0 Å². The summed E-state index contributed by atoms with van der Waals surface area (Å²) in [4.78, 5) is 9.97. The second kappa shape index (κ2) is 9.20. The van der Waals surface area contributed by atoms with Crippen molar-refractivity contribution >= 4 is 17.3 Å². The molecule has 26 heavy (non-hydrogen) atoms. The summed E-state index contributed by atoms with van der Waals surface area (Å²) in [6.07, 6.45) is 4.87. The minimum absolute atomic E-state index is 0.745. The molecule has 5 nitrogen and oxygen atoms in total. The lowest BCUT2D eigenvalue weighted by Crippen LogP contribution is -2.37. The molecule has 0 unspecified atom stereocenters. The SMILES string of the molecule is CN=C(NCCc1cccs1)NCc1cccc(Cn2ccnc2C)c1. The lowest BCUT2D eigenvalue weighted by atomic mass is 10.1. The number of nitrogens with one attached hydrogen (secondary N) is 2. The lowest BCUT2D eigenvalue weighted by Gasteiger charge is -2.12. The van der Waals surface area contributed by atoms with Crippen LogP contribution >= 0.6 is 11.3 Å². The maximum Gasteiger partial charge on any atom is 0.191 e. The Morgan fingerprint density at radius 2 is 2.08 bits per heavy atom. The number of guanidine groups is 1.